The van der Waals surface area contributed by atoms with Gasteiger partial charge >= 0.3 is 0 Å². The minimum atomic E-state index is -0.462. The largest absolute Gasteiger partial charge is 0.486 e. The zero-order valence-corrected chi connectivity index (χ0v) is 17.9. The van der Waals surface area contributed by atoms with Crippen LogP contribution in [0.5, 0.6) is 5.75 Å². The second-order valence-corrected chi connectivity index (χ2v) is 7.80. The number of nitro groups is 1. The van der Waals surface area contributed by atoms with Gasteiger partial charge in [0.25, 0.3) is 11.6 Å². The van der Waals surface area contributed by atoms with Gasteiger partial charge in [0.05, 0.1) is 4.92 Å². The molecule has 1 aromatic heterocycles. The van der Waals surface area contributed by atoms with Gasteiger partial charge in [-0.3, -0.25) is 19.8 Å². The number of hydrogen-bond acceptors (Lipinski definition) is 6. The van der Waals surface area contributed by atoms with Gasteiger partial charge in [-0.25, -0.2) is 0 Å². The van der Waals surface area contributed by atoms with Crippen molar-refractivity contribution < 1.29 is 18.9 Å². The highest BCUT2D eigenvalue weighted by Crippen LogP contribution is 2.20. The number of furan rings is 1. The molecule has 2 aromatic carbocycles. The van der Waals surface area contributed by atoms with E-state index in [0.717, 1.165) is 19.6 Å². The first-order valence-corrected chi connectivity index (χ1v) is 10.5. The van der Waals surface area contributed by atoms with Crippen LogP contribution in [0.4, 0.5) is 5.69 Å². The molecule has 1 amide bonds. The van der Waals surface area contributed by atoms with Gasteiger partial charge in [-0.05, 0) is 42.3 Å². The molecule has 1 aliphatic rings. The van der Waals surface area contributed by atoms with Gasteiger partial charge in [0.1, 0.15) is 18.1 Å². The van der Waals surface area contributed by atoms with E-state index in [9.17, 15) is 14.9 Å². The van der Waals surface area contributed by atoms with Gasteiger partial charge < -0.3 is 14.1 Å². The normalized spacial score (nSPS) is 14.3. The van der Waals surface area contributed by atoms with Crippen LogP contribution in [0.15, 0.2) is 65.1 Å². The lowest BCUT2D eigenvalue weighted by Gasteiger charge is -2.34. The van der Waals surface area contributed by atoms with Crippen molar-refractivity contribution in [1.82, 2.24) is 9.80 Å². The average Bonchev–Trinajstić information content (AvgIpc) is 3.29. The minimum Gasteiger partial charge on any atom is -0.486 e. The van der Waals surface area contributed by atoms with E-state index in [1.807, 2.05) is 11.0 Å². The third kappa shape index (κ3) is 5.15. The molecule has 32 heavy (non-hydrogen) atoms. The van der Waals surface area contributed by atoms with Gasteiger partial charge in [-0.15, -0.1) is 0 Å². The highest BCUT2D eigenvalue weighted by atomic mass is 16.6. The molecule has 1 fully saturated rings. The Bertz CT molecular complexity index is 1090. The Morgan fingerprint density at radius 1 is 1.03 bits per heavy atom. The van der Waals surface area contributed by atoms with Gasteiger partial charge in [0, 0.05) is 44.9 Å². The van der Waals surface area contributed by atoms with E-state index in [2.05, 4.69) is 30.0 Å². The standard InChI is InChI=1S/C24H25N3O5/c1-18-4-2-3-5-19(18)16-25-12-14-26(15-13-25)24(28)23-11-10-22(32-23)17-31-21-8-6-20(7-9-21)27(29)30/h2-11H,12-17H2,1H3. The first kappa shape index (κ1) is 21.6. The zero-order chi connectivity index (χ0) is 22.5. The van der Waals surface area contributed by atoms with Crippen molar-refractivity contribution in [1.29, 1.82) is 0 Å². The van der Waals surface area contributed by atoms with Crippen LogP contribution in [0.2, 0.25) is 0 Å². The molecule has 8 nitrogen and oxygen atoms in total. The van der Waals surface area contributed by atoms with Crippen molar-refractivity contribution in [3.05, 3.63) is 93.4 Å². The van der Waals surface area contributed by atoms with Crippen LogP contribution < -0.4 is 4.74 Å². The van der Waals surface area contributed by atoms with E-state index in [1.54, 1.807) is 12.1 Å². The maximum atomic E-state index is 12.8. The number of aryl methyl sites for hydroxylation is 1. The number of non-ortho nitro benzene ring substituents is 1. The molecule has 3 aromatic rings. The zero-order valence-electron chi connectivity index (χ0n) is 17.9. The molecule has 0 bridgehead atoms. The number of piperazine rings is 1. The Morgan fingerprint density at radius 3 is 2.44 bits per heavy atom. The van der Waals surface area contributed by atoms with Gasteiger partial charge in [-0.2, -0.15) is 0 Å². The first-order chi connectivity index (χ1) is 15.5. The molecular weight excluding hydrogens is 410 g/mol. The maximum absolute atomic E-state index is 12.8. The number of amides is 1. The van der Waals surface area contributed by atoms with Gasteiger partial charge in [-0.1, -0.05) is 24.3 Å². The summed E-state index contributed by atoms with van der Waals surface area (Å²) >= 11 is 0. The number of rotatable bonds is 7. The number of nitrogens with zero attached hydrogens (tertiary/aromatic N) is 3. The third-order valence-electron chi connectivity index (χ3n) is 5.62. The van der Waals surface area contributed by atoms with Crippen LogP contribution in [0.1, 0.15) is 27.4 Å². The molecule has 0 spiro atoms. The van der Waals surface area contributed by atoms with Crippen LogP contribution in [0, 0.1) is 17.0 Å². The first-order valence-electron chi connectivity index (χ1n) is 10.5. The van der Waals surface area contributed by atoms with Gasteiger partial charge in [0.2, 0.25) is 0 Å². The molecule has 8 heteroatoms. The summed E-state index contributed by atoms with van der Waals surface area (Å²) in [6.45, 7) is 6.08. The highest BCUT2D eigenvalue weighted by molar-refractivity contribution is 5.91. The predicted molar refractivity (Wildman–Crippen MR) is 118 cm³/mol. The lowest BCUT2D eigenvalue weighted by Crippen LogP contribution is -2.48. The SMILES string of the molecule is Cc1ccccc1CN1CCN(C(=O)c2ccc(COc3ccc([N+](=O)[O-])cc3)o2)CC1. The molecule has 166 valence electrons. The molecule has 0 N–H and O–H groups in total. The highest BCUT2D eigenvalue weighted by Gasteiger charge is 2.24. The van der Waals surface area contributed by atoms with Crippen LogP contribution in [0.25, 0.3) is 0 Å². The predicted octanol–water partition coefficient (Wildman–Crippen LogP) is 4.03. The molecule has 0 saturated carbocycles. The average molecular weight is 435 g/mol. The Morgan fingerprint density at radius 2 is 1.75 bits per heavy atom. The number of carbonyl (C=O) groups is 1. The van der Waals surface area contributed by atoms with E-state index in [1.165, 1.54) is 35.4 Å². The Balaban J connectivity index is 1.27. The minimum absolute atomic E-state index is 0.00207. The molecule has 0 aliphatic carbocycles. The lowest BCUT2D eigenvalue weighted by atomic mass is 10.1. The molecule has 0 unspecified atom stereocenters. The second kappa shape index (κ2) is 9.65. The lowest BCUT2D eigenvalue weighted by molar-refractivity contribution is -0.384. The number of benzene rings is 2. The fourth-order valence-corrected chi connectivity index (χ4v) is 3.68. The van der Waals surface area contributed by atoms with Crippen molar-refractivity contribution in [2.75, 3.05) is 26.2 Å². The van der Waals surface area contributed by atoms with E-state index in [4.69, 9.17) is 9.15 Å². The van der Waals surface area contributed by atoms with Crippen LogP contribution >= 0.6 is 0 Å². The van der Waals surface area contributed by atoms with Crippen molar-refractivity contribution in [3.63, 3.8) is 0 Å². The van der Waals surface area contributed by atoms with Crippen molar-refractivity contribution in [2.45, 2.75) is 20.1 Å². The monoisotopic (exact) mass is 435 g/mol. The summed E-state index contributed by atoms with van der Waals surface area (Å²) in [6.07, 6.45) is 0. The Kier molecular flexibility index (Phi) is 6.51. The fourth-order valence-electron chi connectivity index (χ4n) is 3.68. The maximum Gasteiger partial charge on any atom is 0.289 e. The van der Waals surface area contributed by atoms with Crippen molar-refractivity contribution in [2.24, 2.45) is 0 Å². The molecule has 2 heterocycles. The summed E-state index contributed by atoms with van der Waals surface area (Å²) in [5.74, 6) is 1.18. The molecule has 4 rings (SSSR count). The summed E-state index contributed by atoms with van der Waals surface area (Å²) in [6, 6.07) is 17.6. The summed E-state index contributed by atoms with van der Waals surface area (Å²) in [4.78, 5) is 27.2. The number of hydrogen-bond donors (Lipinski definition) is 0. The second-order valence-electron chi connectivity index (χ2n) is 7.80. The smallest absolute Gasteiger partial charge is 0.289 e. The number of nitro benzene ring substituents is 1. The summed E-state index contributed by atoms with van der Waals surface area (Å²) in [5, 5.41) is 10.7. The summed E-state index contributed by atoms with van der Waals surface area (Å²) in [7, 11) is 0. The van der Waals surface area contributed by atoms with Crippen LogP contribution in [-0.4, -0.2) is 46.8 Å². The van der Waals surface area contributed by atoms with E-state index >= 15 is 0 Å². The van der Waals surface area contributed by atoms with E-state index in [0.29, 0.717) is 30.4 Å². The van der Waals surface area contributed by atoms with E-state index < -0.39 is 4.92 Å². The quantitative estimate of drug-likeness (QED) is 0.411. The number of carbonyl (C=O) groups excluding carboxylic acids is 1. The Labute approximate surface area is 186 Å². The Hall–Kier alpha value is -3.65. The molecule has 1 saturated heterocycles. The summed E-state index contributed by atoms with van der Waals surface area (Å²) in [5.41, 5.74) is 2.60. The van der Waals surface area contributed by atoms with E-state index in [-0.39, 0.29) is 18.2 Å². The molecular formula is C24H25N3O5. The summed E-state index contributed by atoms with van der Waals surface area (Å²) < 4.78 is 11.3. The third-order valence-corrected chi connectivity index (χ3v) is 5.62. The molecule has 0 radical (unpaired) electrons. The topological polar surface area (TPSA) is 89.1 Å². The molecule has 0 atom stereocenters. The molecule has 1 aliphatic heterocycles. The van der Waals surface area contributed by atoms with Crippen LogP contribution in [-0.2, 0) is 13.2 Å². The van der Waals surface area contributed by atoms with Crippen molar-refractivity contribution in [3.8, 4) is 5.75 Å². The fraction of sp³-hybridized carbons (Fsp3) is 0.292. The van der Waals surface area contributed by atoms with Crippen molar-refractivity contribution >= 4 is 11.6 Å². The number of ether oxygens (including phenoxy) is 1. The van der Waals surface area contributed by atoms with Gasteiger partial charge in [0.15, 0.2) is 5.76 Å². The van der Waals surface area contributed by atoms with Crippen LogP contribution in [0.3, 0.4) is 0 Å².